The third-order valence-corrected chi connectivity index (χ3v) is 4.92. The Morgan fingerprint density at radius 1 is 1.27 bits per heavy atom. The van der Waals surface area contributed by atoms with E-state index in [-0.39, 0.29) is 17.6 Å². The monoisotopic (exact) mass is 361 g/mol. The summed E-state index contributed by atoms with van der Waals surface area (Å²) in [5.41, 5.74) is 3.14. The molecule has 0 saturated carbocycles. The SMILES string of the molecule is O=C(NCc1cc(F)ccc1Br)C1CCCc2ccccc21. The van der Waals surface area contributed by atoms with Crippen molar-refractivity contribution in [3.8, 4) is 0 Å². The number of amides is 1. The standard InChI is InChI=1S/C18H17BrFNO/c19-17-9-8-14(20)10-13(17)11-21-18(22)16-7-3-5-12-4-1-2-6-15(12)16/h1-2,4,6,8-10,16H,3,5,7,11H2,(H,21,22). The minimum atomic E-state index is -0.296. The van der Waals surface area contributed by atoms with Crippen molar-refractivity contribution in [3.63, 3.8) is 0 Å². The number of carbonyl (C=O) groups is 1. The van der Waals surface area contributed by atoms with Crippen LogP contribution in [0.2, 0.25) is 0 Å². The van der Waals surface area contributed by atoms with Crippen LogP contribution in [0.1, 0.15) is 35.4 Å². The number of benzene rings is 2. The highest BCUT2D eigenvalue weighted by atomic mass is 79.9. The highest BCUT2D eigenvalue weighted by Crippen LogP contribution is 2.31. The van der Waals surface area contributed by atoms with Gasteiger partial charge in [-0.25, -0.2) is 4.39 Å². The summed E-state index contributed by atoms with van der Waals surface area (Å²) in [6.07, 6.45) is 2.93. The fourth-order valence-corrected chi connectivity index (χ4v) is 3.40. The van der Waals surface area contributed by atoms with Gasteiger partial charge in [0, 0.05) is 11.0 Å². The number of fused-ring (bicyclic) bond motifs is 1. The fourth-order valence-electron chi connectivity index (χ4n) is 3.01. The van der Waals surface area contributed by atoms with Gasteiger partial charge in [-0.1, -0.05) is 40.2 Å². The van der Waals surface area contributed by atoms with Crippen molar-refractivity contribution < 1.29 is 9.18 Å². The normalized spacial score (nSPS) is 16.9. The van der Waals surface area contributed by atoms with Crippen LogP contribution >= 0.6 is 15.9 Å². The summed E-state index contributed by atoms with van der Waals surface area (Å²) in [6.45, 7) is 0.329. The van der Waals surface area contributed by atoms with Crippen LogP contribution in [0.15, 0.2) is 46.9 Å². The molecule has 0 bridgehead atoms. The molecule has 0 aromatic heterocycles. The van der Waals surface area contributed by atoms with Gasteiger partial charge in [0.25, 0.3) is 0 Å². The first-order chi connectivity index (χ1) is 10.6. The highest BCUT2D eigenvalue weighted by molar-refractivity contribution is 9.10. The third-order valence-electron chi connectivity index (χ3n) is 4.15. The quantitative estimate of drug-likeness (QED) is 0.866. The Kier molecular flexibility index (Phi) is 4.57. The molecule has 1 amide bonds. The van der Waals surface area contributed by atoms with Crippen LogP contribution in [0.25, 0.3) is 0 Å². The van der Waals surface area contributed by atoms with Gasteiger partial charge in [0.05, 0.1) is 5.92 Å². The number of halogens is 2. The third kappa shape index (κ3) is 3.22. The molecule has 0 spiro atoms. The smallest absolute Gasteiger partial charge is 0.227 e. The van der Waals surface area contributed by atoms with Gasteiger partial charge in [-0.05, 0) is 54.2 Å². The predicted molar refractivity (Wildman–Crippen MR) is 88.1 cm³/mol. The van der Waals surface area contributed by atoms with Crippen LogP contribution in [0.5, 0.6) is 0 Å². The summed E-state index contributed by atoms with van der Waals surface area (Å²) in [6, 6.07) is 12.6. The number of rotatable bonds is 3. The van der Waals surface area contributed by atoms with Gasteiger partial charge in [-0.3, -0.25) is 4.79 Å². The number of hydrogen-bond donors (Lipinski definition) is 1. The number of aryl methyl sites for hydroxylation is 1. The zero-order chi connectivity index (χ0) is 15.5. The van der Waals surface area contributed by atoms with E-state index in [1.165, 1.54) is 17.7 Å². The summed E-state index contributed by atoms with van der Waals surface area (Å²) in [4.78, 5) is 12.5. The molecule has 1 atom stereocenters. The van der Waals surface area contributed by atoms with Crippen LogP contribution in [0, 0.1) is 5.82 Å². The van der Waals surface area contributed by atoms with Crippen LogP contribution in [-0.4, -0.2) is 5.91 Å². The van der Waals surface area contributed by atoms with Crippen LogP contribution in [0.4, 0.5) is 4.39 Å². The second-order valence-electron chi connectivity index (χ2n) is 5.60. The van der Waals surface area contributed by atoms with Crippen molar-refractivity contribution in [1.82, 2.24) is 5.32 Å². The van der Waals surface area contributed by atoms with Gasteiger partial charge >= 0.3 is 0 Å². The van der Waals surface area contributed by atoms with E-state index >= 15 is 0 Å². The lowest BCUT2D eigenvalue weighted by Crippen LogP contribution is -2.31. The van der Waals surface area contributed by atoms with E-state index < -0.39 is 0 Å². The fraction of sp³-hybridized carbons (Fsp3) is 0.278. The minimum Gasteiger partial charge on any atom is -0.351 e. The predicted octanol–water partition coefficient (Wildman–Crippen LogP) is 4.32. The lowest BCUT2D eigenvalue weighted by atomic mass is 9.82. The summed E-state index contributed by atoms with van der Waals surface area (Å²) < 4.78 is 14.1. The maximum atomic E-state index is 13.3. The van der Waals surface area contributed by atoms with Gasteiger partial charge in [0.1, 0.15) is 5.82 Å². The Hall–Kier alpha value is -1.68. The molecule has 1 unspecified atom stereocenters. The Bertz CT molecular complexity index is 701. The second-order valence-corrected chi connectivity index (χ2v) is 6.45. The lowest BCUT2D eigenvalue weighted by molar-refractivity contribution is -0.123. The van der Waals surface area contributed by atoms with Gasteiger partial charge in [0.15, 0.2) is 0 Å². The zero-order valence-corrected chi connectivity index (χ0v) is 13.7. The Labute approximate surface area is 137 Å². The maximum Gasteiger partial charge on any atom is 0.227 e. The van der Waals surface area contributed by atoms with Crippen molar-refractivity contribution in [1.29, 1.82) is 0 Å². The lowest BCUT2D eigenvalue weighted by Gasteiger charge is -2.24. The van der Waals surface area contributed by atoms with E-state index in [1.54, 1.807) is 6.07 Å². The Balaban J connectivity index is 1.72. The average Bonchev–Trinajstić information content (AvgIpc) is 2.55. The molecule has 2 aromatic rings. The van der Waals surface area contributed by atoms with E-state index in [0.717, 1.165) is 34.9 Å². The molecule has 3 rings (SSSR count). The first kappa shape index (κ1) is 15.2. The maximum absolute atomic E-state index is 13.3. The molecule has 2 aromatic carbocycles. The molecule has 1 N–H and O–H groups in total. The first-order valence-corrected chi connectivity index (χ1v) is 8.24. The van der Waals surface area contributed by atoms with Crippen LogP contribution in [-0.2, 0) is 17.8 Å². The van der Waals surface area contributed by atoms with Crippen molar-refractivity contribution in [2.75, 3.05) is 0 Å². The summed E-state index contributed by atoms with van der Waals surface area (Å²) >= 11 is 3.38. The van der Waals surface area contributed by atoms with Gasteiger partial charge in [0.2, 0.25) is 5.91 Å². The molecular weight excluding hydrogens is 345 g/mol. The molecule has 1 aliphatic carbocycles. The summed E-state index contributed by atoms with van der Waals surface area (Å²) in [7, 11) is 0. The molecule has 0 saturated heterocycles. The largest absolute Gasteiger partial charge is 0.351 e. The van der Waals surface area contributed by atoms with Crippen LogP contribution in [0.3, 0.4) is 0 Å². The van der Waals surface area contributed by atoms with Crippen molar-refractivity contribution in [2.45, 2.75) is 31.7 Å². The molecule has 114 valence electrons. The van der Waals surface area contributed by atoms with E-state index in [1.807, 2.05) is 18.2 Å². The number of hydrogen-bond acceptors (Lipinski definition) is 1. The van der Waals surface area contributed by atoms with Crippen molar-refractivity contribution in [2.24, 2.45) is 0 Å². The van der Waals surface area contributed by atoms with Gasteiger partial charge < -0.3 is 5.32 Å². The van der Waals surface area contributed by atoms with Crippen LogP contribution < -0.4 is 5.32 Å². The zero-order valence-electron chi connectivity index (χ0n) is 12.1. The summed E-state index contributed by atoms with van der Waals surface area (Å²) in [5, 5.41) is 2.94. The highest BCUT2D eigenvalue weighted by Gasteiger charge is 2.25. The molecule has 2 nitrogen and oxygen atoms in total. The molecule has 0 aliphatic heterocycles. The minimum absolute atomic E-state index is 0.0170. The average molecular weight is 362 g/mol. The first-order valence-electron chi connectivity index (χ1n) is 7.44. The topological polar surface area (TPSA) is 29.1 Å². The molecule has 0 heterocycles. The number of nitrogens with one attached hydrogen (secondary N) is 1. The van der Waals surface area contributed by atoms with Crippen molar-refractivity contribution >= 4 is 21.8 Å². The molecular formula is C18H17BrFNO. The Morgan fingerprint density at radius 2 is 2.09 bits per heavy atom. The second kappa shape index (κ2) is 6.61. The van der Waals surface area contributed by atoms with E-state index in [4.69, 9.17) is 0 Å². The van der Waals surface area contributed by atoms with E-state index in [9.17, 15) is 9.18 Å². The van der Waals surface area contributed by atoms with E-state index in [0.29, 0.717) is 6.54 Å². The molecule has 4 heteroatoms. The number of carbonyl (C=O) groups excluding carboxylic acids is 1. The summed E-state index contributed by atoms with van der Waals surface area (Å²) in [5.74, 6) is -0.379. The Morgan fingerprint density at radius 3 is 2.95 bits per heavy atom. The molecule has 0 radical (unpaired) electrons. The van der Waals surface area contributed by atoms with Crippen molar-refractivity contribution in [3.05, 3.63) is 69.4 Å². The van der Waals surface area contributed by atoms with Gasteiger partial charge in [-0.2, -0.15) is 0 Å². The molecule has 1 aliphatic rings. The molecule has 22 heavy (non-hydrogen) atoms. The van der Waals surface area contributed by atoms with E-state index in [2.05, 4.69) is 27.3 Å². The molecule has 0 fully saturated rings. The van der Waals surface area contributed by atoms with Gasteiger partial charge in [-0.15, -0.1) is 0 Å².